The Morgan fingerprint density at radius 3 is 2.58 bits per heavy atom. The van der Waals surface area contributed by atoms with Crippen molar-refractivity contribution in [3.63, 3.8) is 0 Å². The lowest BCUT2D eigenvalue weighted by Crippen LogP contribution is -1.94. The van der Waals surface area contributed by atoms with Crippen molar-refractivity contribution in [2.45, 2.75) is 0 Å². The normalized spacial score (nSPS) is 10.2. The van der Waals surface area contributed by atoms with E-state index in [9.17, 15) is 8.42 Å². The van der Waals surface area contributed by atoms with Gasteiger partial charge < -0.3 is 5.11 Å². The second-order valence-corrected chi connectivity index (χ2v) is 3.20. The fourth-order valence-corrected chi connectivity index (χ4v) is 1.25. The summed E-state index contributed by atoms with van der Waals surface area (Å²) in [5.41, 5.74) is 0.121. The van der Waals surface area contributed by atoms with E-state index in [1.807, 2.05) is 4.72 Å². The number of rotatable bonds is 2. The Bertz CT molecular complexity index is 356. The van der Waals surface area contributed by atoms with Gasteiger partial charge in [0, 0.05) is 11.1 Å². The van der Waals surface area contributed by atoms with Crippen molar-refractivity contribution in [3.05, 3.63) is 23.2 Å². The highest BCUT2D eigenvalue weighted by molar-refractivity contribution is 7.73. The first kappa shape index (κ1) is 9.15. The lowest BCUT2D eigenvalue weighted by Gasteiger charge is -2.01. The minimum absolute atomic E-state index is 0.121. The number of anilines is 1. The van der Waals surface area contributed by atoms with Gasteiger partial charge in [-0.1, -0.05) is 11.6 Å². The third-order valence-corrected chi connectivity index (χ3v) is 1.83. The average Bonchev–Trinajstić information content (AvgIpc) is 1.94. The van der Waals surface area contributed by atoms with Crippen LogP contribution in [0.2, 0.25) is 5.02 Å². The lowest BCUT2D eigenvalue weighted by molar-refractivity contribution is 0.478. The van der Waals surface area contributed by atoms with E-state index in [0.29, 0.717) is 5.02 Å². The maximum absolute atomic E-state index is 10.2. The Kier molecular flexibility index (Phi) is 2.78. The zero-order valence-electron chi connectivity index (χ0n) is 5.82. The van der Waals surface area contributed by atoms with Gasteiger partial charge in [0.15, 0.2) is 0 Å². The maximum Gasteiger partial charge on any atom is 0.222 e. The van der Waals surface area contributed by atoms with Gasteiger partial charge in [0.05, 0.1) is 5.69 Å². The van der Waals surface area contributed by atoms with Crippen molar-refractivity contribution < 1.29 is 13.5 Å². The summed E-state index contributed by atoms with van der Waals surface area (Å²) in [6.45, 7) is 0. The molecule has 6 heteroatoms. The third-order valence-electron chi connectivity index (χ3n) is 1.17. The number of benzene rings is 1. The zero-order valence-corrected chi connectivity index (χ0v) is 7.47. The molecule has 0 amide bonds. The number of hydrogen-bond donors (Lipinski definition) is 3. The molecular formula is C6H6ClNO3S. The molecule has 0 unspecified atom stereocenters. The number of hydrogen-bond acceptors (Lipinski definition) is 3. The highest BCUT2D eigenvalue weighted by Crippen LogP contribution is 2.26. The number of phenolic OH excluding ortho intramolecular Hbond substituents is 1. The van der Waals surface area contributed by atoms with Crippen molar-refractivity contribution in [2.24, 2.45) is 0 Å². The molecule has 4 nitrogen and oxygen atoms in total. The van der Waals surface area contributed by atoms with Crippen LogP contribution in [0.5, 0.6) is 5.75 Å². The summed E-state index contributed by atoms with van der Waals surface area (Å²) >= 11 is 5.51. The standard InChI is InChI=1S/C6H6ClNO3S/c7-4-1-2-5(6(9)3-4)8-12(10)11/h1-3,9,12H,(H,8,10,11). The molecule has 0 spiro atoms. The summed E-state index contributed by atoms with van der Waals surface area (Å²) in [5, 5.41) is 9.47. The second kappa shape index (κ2) is 3.64. The van der Waals surface area contributed by atoms with Gasteiger partial charge in [-0.3, -0.25) is 4.72 Å². The molecule has 12 heavy (non-hydrogen) atoms. The highest BCUT2D eigenvalue weighted by atomic mass is 35.5. The number of phenols is 1. The van der Waals surface area contributed by atoms with E-state index in [1.54, 1.807) is 0 Å². The molecule has 1 aromatic carbocycles. The summed E-state index contributed by atoms with van der Waals surface area (Å²) in [6, 6.07) is 4.11. The first-order chi connectivity index (χ1) is 5.59. The van der Waals surface area contributed by atoms with Crippen LogP contribution in [-0.2, 0) is 10.9 Å². The summed E-state index contributed by atoms with van der Waals surface area (Å²) in [7, 11) is -2.76. The van der Waals surface area contributed by atoms with Crippen LogP contribution in [0.15, 0.2) is 18.2 Å². The lowest BCUT2D eigenvalue weighted by atomic mass is 10.3. The van der Waals surface area contributed by atoms with E-state index in [4.69, 9.17) is 16.7 Å². The fourth-order valence-electron chi connectivity index (χ4n) is 0.698. The van der Waals surface area contributed by atoms with Crippen LogP contribution >= 0.6 is 11.6 Å². The van der Waals surface area contributed by atoms with Gasteiger partial charge in [0.2, 0.25) is 10.9 Å². The van der Waals surface area contributed by atoms with Crippen LogP contribution in [0, 0.1) is 0 Å². The summed E-state index contributed by atoms with van der Waals surface area (Å²) in [4.78, 5) is 0. The van der Waals surface area contributed by atoms with Crippen molar-refractivity contribution in [3.8, 4) is 5.75 Å². The van der Waals surface area contributed by atoms with Crippen LogP contribution in [0.3, 0.4) is 0 Å². The van der Waals surface area contributed by atoms with Crippen molar-refractivity contribution >= 4 is 28.2 Å². The van der Waals surface area contributed by atoms with Gasteiger partial charge in [-0.15, -0.1) is 0 Å². The van der Waals surface area contributed by atoms with Crippen LogP contribution in [-0.4, -0.2) is 13.5 Å². The molecule has 66 valence electrons. The number of halogens is 1. The molecule has 0 aliphatic heterocycles. The molecule has 0 aliphatic carbocycles. The first-order valence-electron chi connectivity index (χ1n) is 2.99. The van der Waals surface area contributed by atoms with Gasteiger partial charge >= 0.3 is 0 Å². The Balaban J connectivity index is 3.01. The van der Waals surface area contributed by atoms with Gasteiger partial charge in [-0.2, -0.15) is 0 Å². The van der Waals surface area contributed by atoms with Crippen LogP contribution in [0.4, 0.5) is 5.69 Å². The van der Waals surface area contributed by atoms with Gasteiger partial charge in [0.1, 0.15) is 5.75 Å². The molecule has 1 rings (SSSR count). The Morgan fingerprint density at radius 1 is 1.42 bits per heavy atom. The summed E-state index contributed by atoms with van der Waals surface area (Å²) in [5.74, 6) is -0.193. The van der Waals surface area contributed by atoms with E-state index >= 15 is 0 Å². The van der Waals surface area contributed by atoms with Crippen LogP contribution < -0.4 is 4.72 Å². The average molecular weight is 208 g/mol. The Morgan fingerprint density at radius 2 is 2.08 bits per heavy atom. The molecule has 0 radical (unpaired) electrons. The Hall–Kier alpha value is -0.940. The molecule has 0 fully saturated rings. The second-order valence-electron chi connectivity index (χ2n) is 2.03. The summed E-state index contributed by atoms with van der Waals surface area (Å²) < 4.78 is 22.4. The smallest absolute Gasteiger partial charge is 0.222 e. The molecule has 2 N–H and O–H groups in total. The Labute approximate surface area is 75.9 Å². The van der Waals surface area contributed by atoms with E-state index < -0.39 is 10.9 Å². The summed E-state index contributed by atoms with van der Waals surface area (Å²) in [6.07, 6.45) is 0. The SMILES string of the molecule is O=[SH](=O)Nc1ccc(Cl)cc1O. The zero-order chi connectivity index (χ0) is 9.14. The van der Waals surface area contributed by atoms with E-state index in [1.165, 1.54) is 18.2 Å². The molecule has 0 saturated heterocycles. The molecular weight excluding hydrogens is 202 g/mol. The van der Waals surface area contributed by atoms with Gasteiger partial charge in [0.25, 0.3) is 0 Å². The largest absolute Gasteiger partial charge is 0.506 e. The number of aromatic hydroxyl groups is 1. The van der Waals surface area contributed by atoms with Crippen LogP contribution in [0.25, 0.3) is 0 Å². The molecule has 0 atom stereocenters. The molecule has 1 aromatic rings. The van der Waals surface area contributed by atoms with Gasteiger partial charge in [-0.25, -0.2) is 8.42 Å². The van der Waals surface area contributed by atoms with E-state index in [0.717, 1.165) is 0 Å². The minimum atomic E-state index is -2.76. The van der Waals surface area contributed by atoms with E-state index in [-0.39, 0.29) is 11.4 Å². The molecule has 0 aromatic heterocycles. The highest BCUT2D eigenvalue weighted by Gasteiger charge is 2.00. The maximum atomic E-state index is 10.2. The first-order valence-corrected chi connectivity index (χ1v) is 4.54. The minimum Gasteiger partial charge on any atom is -0.506 e. The topological polar surface area (TPSA) is 66.4 Å². The monoisotopic (exact) mass is 207 g/mol. The van der Waals surface area contributed by atoms with Gasteiger partial charge in [-0.05, 0) is 12.1 Å². The molecule has 0 heterocycles. The number of nitrogens with one attached hydrogen (secondary N) is 1. The van der Waals surface area contributed by atoms with E-state index in [2.05, 4.69) is 0 Å². The molecule has 0 bridgehead atoms. The quantitative estimate of drug-likeness (QED) is 0.501. The molecule has 0 saturated carbocycles. The van der Waals surface area contributed by atoms with Crippen molar-refractivity contribution in [1.29, 1.82) is 0 Å². The third kappa shape index (κ3) is 2.28. The van der Waals surface area contributed by atoms with Crippen molar-refractivity contribution in [1.82, 2.24) is 0 Å². The predicted octanol–water partition coefficient (Wildman–Crippen LogP) is 0.984. The predicted molar refractivity (Wildman–Crippen MR) is 47.1 cm³/mol. The molecule has 0 aliphatic rings. The fraction of sp³-hybridized carbons (Fsp3) is 0. The van der Waals surface area contributed by atoms with Crippen LogP contribution in [0.1, 0.15) is 0 Å². The number of thiol groups is 1. The van der Waals surface area contributed by atoms with Crippen molar-refractivity contribution in [2.75, 3.05) is 4.72 Å².